The molecule has 2 N–H and O–H groups in total. The first kappa shape index (κ1) is 22.3. The van der Waals surface area contributed by atoms with Gasteiger partial charge >= 0.3 is 0 Å². The summed E-state index contributed by atoms with van der Waals surface area (Å²) in [6.07, 6.45) is 6.90. The zero-order valence-electron chi connectivity index (χ0n) is 15.6. The molecule has 1 saturated carbocycles. The van der Waals surface area contributed by atoms with Crippen molar-refractivity contribution < 1.29 is 12.9 Å². The third-order valence-electron chi connectivity index (χ3n) is 4.74. The van der Waals surface area contributed by atoms with Gasteiger partial charge in [0.05, 0.1) is 0 Å². The van der Waals surface area contributed by atoms with Crippen molar-refractivity contribution >= 4 is 33.8 Å². The summed E-state index contributed by atoms with van der Waals surface area (Å²) < 4.78 is 34.0. The predicted molar refractivity (Wildman–Crippen MR) is 109 cm³/mol. The molecule has 152 valence electrons. The summed E-state index contributed by atoms with van der Waals surface area (Å²) in [6, 6.07) is 1.83. The maximum Gasteiger partial charge on any atom is 0.269 e. The zero-order chi connectivity index (χ0) is 18.6. The van der Waals surface area contributed by atoms with E-state index in [-0.39, 0.29) is 35.3 Å². The molecule has 3 rings (SSSR count). The minimum atomic E-state index is -3.61. The molecule has 1 atom stereocenters. The van der Waals surface area contributed by atoms with Crippen molar-refractivity contribution in [3.63, 3.8) is 0 Å². The van der Waals surface area contributed by atoms with Gasteiger partial charge in [-0.05, 0) is 38.3 Å². The normalized spacial score (nSPS) is 17.3. The quantitative estimate of drug-likeness (QED) is 0.648. The highest BCUT2D eigenvalue weighted by Crippen LogP contribution is 2.32. The fourth-order valence-corrected chi connectivity index (χ4v) is 5.80. The van der Waals surface area contributed by atoms with Gasteiger partial charge in [0.25, 0.3) is 5.89 Å². The van der Waals surface area contributed by atoms with Crippen LogP contribution in [0.25, 0.3) is 10.8 Å². The molecule has 7 nitrogen and oxygen atoms in total. The van der Waals surface area contributed by atoms with Crippen LogP contribution in [0.2, 0.25) is 0 Å². The molecule has 0 amide bonds. The van der Waals surface area contributed by atoms with Crippen LogP contribution in [0.15, 0.2) is 20.9 Å². The molecule has 2 heterocycles. The second-order valence-corrected chi connectivity index (χ2v) is 9.43. The highest BCUT2D eigenvalue weighted by atomic mass is 35.5. The first-order valence-corrected chi connectivity index (χ1v) is 11.5. The van der Waals surface area contributed by atoms with Crippen LogP contribution in [-0.2, 0) is 16.4 Å². The molecule has 0 radical (unpaired) electrons. The number of aromatic nitrogens is 2. The Kier molecular flexibility index (Phi) is 8.23. The number of nitrogens with zero attached hydrogens (tertiary/aromatic N) is 2. The molecule has 27 heavy (non-hydrogen) atoms. The molecule has 1 unspecified atom stereocenters. The number of sulfonamides is 1. The van der Waals surface area contributed by atoms with E-state index < -0.39 is 10.0 Å². The van der Waals surface area contributed by atoms with E-state index in [0.29, 0.717) is 17.1 Å². The molecule has 0 saturated heterocycles. The molecule has 2 aromatic rings. The molecule has 10 heteroatoms. The van der Waals surface area contributed by atoms with Gasteiger partial charge in [0, 0.05) is 18.5 Å². The summed E-state index contributed by atoms with van der Waals surface area (Å²) in [5.74, 6) is 0.829. The highest BCUT2D eigenvalue weighted by Gasteiger charge is 2.27. The van der Waals surface area contributed by atoms with Crippen molar-refractivity contribution in [2.75, 3.05) is 7.05 Å². The molecule has 2 aromatic heterocycles. The fourth-order valence-electron chi connectivity index (χ4n) is 3.15. The molecule has 1 fully saturated rings. The van der Waals surface area contributed by atoms with E-state index in [1.165, 1.54) is 24.2 Å². The SMILES string of the molecule is CNC(C)Cc1noc(-c2sccc2S(=O)(=O)NC2CCCCCC2)n1.Cl. The zero-order valence-corrected chi connectivity index (χ0v) is 18.1. The van der Waals surface area contributed by atoms with Gasteiger partial charge in [-0.1, -0.05) is 30.8 Å². The average Bonchev–Trinajstić information content (AvgIpc) is 3.20. The minimum absolute atomic E-state index is 0. The molecule has 0 aromatic carbocycles. The van der Waals surface area contributed by atoms with E-state index in [0.717, 1.165) is 25.7 Å². The monoisotopic (exact) mass is 434 g/mol. The molecule has 0 bridgehead atoms. The van der Waals surface area contributed by atoms with Crippen LogP contribution >= 0.6 is 23.7 Å². The van der Waals surface area contributed by atoms with Gasteiger partial charge < -0.3 is 9.84 Å². The Balaban J connectivity index is 0.00000261. The summed E-state index contributed by atoms with van der Waals surface area (Å²) in [7, 11) is -1.74. The Morgan fingerprint density at radius 1 is 1.30 bits per heavy atom. The van der Waals surface area contributed by atoms with E-state index >= 15 is 0 Å². The van der Waals surface area contributed by atoms with E-state index in [4.69, 9.17) is 4.52 Å². The first-order valence-electron chi connectivity index (χ1n) is 9.09. The second kappa shape index (κ2) is 9.97. The third-order valence-corrected chi connectivity index (χ3v) is 7.33. The van der Waals surface area contributed by atoms with Crippen molar-refractivity contribution in [1.29, 1.82) is 0 Å². The van der Waals surface area contributed by atoms with Crippen LogP contribution in [0, 0.1) is 0 Å². The van der Waals surface area contributed by atoms with Crippen molar-refractivity contribution in [2.45, 2.75) is 68.8 Å². The molecular weight excluding hydrogens is 408 g/mol. The van der Waals surface area contributed by atoms with Gasteiger partial charge in [-0.25, -0.2) is 13.1 Å². The predicted octanol–water partition coefficient (Wildman–Crippen LogP) is 3.37. The molecule has 0 spiro atoms. The fraction of sp³-hybridized carbons (Fsp3) is 0.647. The van der Waals surface area contributed by atoms with E-state index in [2.05, 4.69) is 20.2 Å². The van der Waals surface area contributed by atoms with Crippen LogP contribution < -0.4 is 10.0 Å². The van der Waals surface area contributed by atoms with Crippen molar-refractivity contribution in [3.05, 3.63) is 17.3 Å². The number of hydrogen-bond donors (Lipinski definition) is 2. The van der Waals surface area contributed by atoms with Gasteiger partial charge in [0.15, 0.2) is 5.82 Å². The van der Waals surface area contributed by atoms with Crippen molar-refractivity contribution in [3.8, 4) is 10.8 Å². The van der Waals surface area contributed by atoms with E-state index in [1.807, 2.05) is 14.0 Å². The highest BCUT2D eigenvalue weighted by molar-refractivity contribution is 7.89. The molecule has 1 aliphatic carbocycles. The lowest BCUT2D eigenvalue weighted by Crippen LogP contribution is -2.34. The standard InChI is InChI=1S/C17H26N4O3S2.ClH/c1-12(18-2)11-15-19-17(24-20-15)16-14(9-10-25-16)26(22,23)21-13-7-5-3-4-6-8-13;/h9-10,12-13,18,21H,3-8,11H2,1-2H3;1H. The van der Waals surface area contributed by atoms with Crippen LogP contribution in [0.1, 0.15) is 51.3 Å². The average molecular weight is 435 g/mol. The van der Waals surface area contributed by atoms with Crippen LogP contribution in [0.5, 0.6) is 0 Å². The Hall–Kier alpha value is -1.00. The lowest BCUT2D eigenvalue weighted by molar-refractivity contribution is 0.418. The topological polar surface area (TPSA) is 97.1 Å². The maximum atomic E-state index is 12.9. The number of halogens is 1. The van der Waals surface area contributed by atoms with E-state index in [9.17, 15) is 8.42 Å². The van der Waals surface area contributed by atoms with Gasteiger partial charge in [0.2, 0.25) is 10.0 Å². The second-order valence-electron chi connectivity index (χ2n) is 6.83. The number of likely N-dealkylation sites (N-methyl/N-ethyl adjacent to an activating group) is 1. The summed E-state index contributed by atoms with van der Waals surface area (Å²) in [4.78, 5) is 5.10. The largest absolute Gasteiger partial charge is 0.333 e. The Morgan fingerprint density at radius 2 is 2.00 bits per heavy atom. The van der Waals surface area contributed by atoms with Gasteiger partial charge in [-0.3, -0.25) is 0 Å². The molecule has 1 aliphatic rings. The van der Waals surface area contributed by atoms with Crippen LogP contribution in [0.4, 0.5) is 0 Å². The summed E-state index contributed by atoms with van der Waals surface area (Å²) in [5.41, 5.74) is 0. The summed E-state index contributed by atoms with van der Waals surface area (Å²) in [5, 5.41) is 8.84. The van der Waals surface area contributed by atoms with Gasteiger partial charge in [0.1, 0.15) is 9.77 Å². The Morgan fingerprint density at radius 3 is 2.67 bits per heavy atom. The third kappa shape index (κ3) is 5.74. The van der Waals surface area contributed by atoms with Gasteiger partial charge in [-0.2, -0.15) is 4.98 Å². The van der Waals surface area contributed by atoms with Crippen molar-refractivity contribution in [1.82, 2.24) is 20.2 Å². The summed E-state index contributed by atoms with van der Waals surface area (Å²) >= 11 is 1.30. The lowest BCUT2D eigenvalue weighted by Gasteiger charge is -2.16. The number of rotatable bonds is 7. The van der Waals surface area contributed by atoms with E-state index in [1.54, 1.807) is 11.4 Å². The number of hydrogen-bond acceptors (Lipinski definition) is 7. The van der Waals surface area contributed by atoms with Crippen LogP contribution in [0.3, 0.4) is 0 Å². The smallest absolute Gasteiger partial charge is 0.269 e. The Labute approximate surface area is 170 Å². The van der Waals surface area contributed by atoms with Gasteiger partial charge in [-0.15, -0.1) is 23.7 Å². The number of thiophene rings is 1. The summed E-state index contributed by atoms with van der Waals surface area (Å²) in [6.45, 7) is 2.02. The maximum absolute atomic E-state index is 12.9. The number of nitrogens with one attached hydrogen (secondary N) is 2. The molecule has 0 aliphatic heterocycles. The first-order chi connectivity index (χ1) is 12.5. The Bertz CT molecular complexity index is 814. The van der Waals surface area contributed by atoms with Crippen molar-refractivity contribution in [2.24, 2.45) is 0 Å². The lowest BCUT2D eigenvalue weighted by atomic mass is 10.1. The molecular formula is C17H27ClN4O3S2. The van der Waals surface area contributed by atoms with Crippen LogP contribution in [-0.4, -0.2) is 37.7 Å². The minimum Gasteiger partial charge on any atom is -0.333 e.